The molecule has 4 heterocycles. The summed E-state index contributed by atoms with van der Waals surface area (Å²) in [4.78, 5) is 11.1. The minimum Gasteiger partial charge on any atom is -0.374 e. The second kappa shape index (κ2) is 7.00. The molecule has 0 spiro atoms. The first kappa shape index (κ1) is 16.8. The summed E-state index contributed by atoms with van der Waals surface area (Å²) in [6.45, 7) is 3.79. The van der Waals surface area contributed by atoms with Crippen LogP contribution in [0.5, 0.6) is 0 Å². The first-order valence-electron chi connectivity index (χ1n) is 9.95. The van der Waals surface area contributed by atoms with Gasteiger partial charge in [-0.05, 0) is 24.0 Å². The lowest BCUT2D eigenvalue weighted by atomic mass is 9.82. The summed E-state index contributed by atoms with van der Waals surface area (Å²) < 4.78 is 8.18. The van der Waals surface area contributed by atoms with Crippen LogP contribution in [0.3, 0.4) is 0 Å². The maximum absolute atomic E-state index is 6.09. The average Bonchev–Trinajstić information content (AvgIpc) is 3.45. The topological polar surface area (TPSA) is 54.7 Å². The van der Waals surface area contributed by atoms with Gasteiger partial charge in [-0.3, -0.25) is 4.99 Å². The molecule has 142 valence electrons. The van der Waals surface area contributed by atoms with E-state index < -0.39 is 0 Å². The molecule has 3 saturated heterocycles. The van der Waals surface area contributed by atoms with Gasteiger partial charge in [0.05, 0.1) is 18.5 Å². The van der Waals surface area contributed by atoms with E-state index >= 15 is 0 Å². The van der Waals surface area contributed by atoms with Gasteiger partial charge < -0.3 is 19.5 Å². The Balaban J connectivity index is 1.20. The van der Waals surface area contributed by atoms with Crippen molar-refractivity contribution in [1.29, 1.82) is 0 Å². The number of aromatic nitrogens is 2. The maximum Gasteiger partial charge on any atom is 0.193 e. The number of imidazole rings is 1. The summed E-state index contributed by atoms with van der Waals surface area (Å²) in [5.74, 6) is 2.41. The van der Waals surface area contributed by atoms with Crippen molar-refractivity contribution in [1.82, 2.24) is 19.8 Å². The van der Waals surface area contributed by atoms with Gasteiger partial charge >= 0.3 is 0 Å². The van der Waals surface area contributed by atoms with Crippen LogP contribution in [-0.4, -0.2) is 52.8 Å². The number of nitrogens with zero attached hydrogens (tertiary/aromatic N) is 4. The van der Waals surface area contributed by atoms with E-state index in [0.717, 1.165) is 32.1 Å². The smallest absolute Gasteiger partial charge is 0.193 e. The van der Waals surface area contributed by atoms with Crippen molar-refractivity contribution in [3.63, 3.8) is 0 Å². The molecule has 3 aliphatic rings. The summed E-state index contributed by atoms with van der Waals surface area (Å²) >= 11 is 0. The van der Waals surface area contributed by atoms with Gasteiger partial charge in [0, 0.05) is 57.5 Å². The van der Waals surface area contributed by atoms with Crippen molar-refractivity contribution >= 4 is 5.96 Å². The molecular weight excluding hydrogens is 338 g/mol. The van der Waals surface area contributed by atoms with Crippen LogP contribution < -0.4 is 5.32 Å². The van der Waals surface area contributed by atoms with E-state index in [9.17, 15) is 0 Å². The van der Waals surface area contributed by atoms with Gasteiger partial charge in [-0.1, -0.05) is 24.3 Å². The minimum atomic E-state index is 0.489. The number of fused-ring (bicyclic) bond motifs is 5. The van der Waals surface area contributed by atoms with Crippen LogP contribution in [0.25, 0.3) is 0 Å². The maximum atomic E-state index is 6.09. The predicted octanol–water partition coefficient (Wildman–Crippen LogP) is 2.12. The molecule has 1 N–H and O–H groups in total. The lowest BCUT2D eigenvalue weighted by Crippen LogP contribution is -2.41. The molecule has 4 unspecified atom stereocenters. The number of hydrogen-bond acceptors (Lipinski definition) is 3. The molecule has 5 rings (SSSR count). The molecule has 0 radical (unpaired) electrons. The van der Waals surface area contributed by atoms with E-state index in [-0.39, 0.29) is 0 Å². The normalized spacial score (nSPS) is 29.4. The van der Waals surface area contributed by atoms with Crippen LogP contribution in [0, 0.1) is 11.8 Å². The van der Waals surface area contributed by atoms with Gasteiger partial charge in [-0.25, -0.2) is 4.98 Å². The lowest BCUT2D eigenvalue weighted by Gasteiger charge is -2.23. The zero-order valence-corrected chi connectivity index (χ0v) is 15.8. The molecule has 6 nitrogen and oxygen atoms in total. The molecule has 1 aromatic heterocycles. The summed E-state index contributed by atoms with van der Waals surface area (Å²) in [6, 6.07) is 8.72. The van der Waals surface area contributed by atoms with E-state index in [1.54, 1.807) is 0 Å². The zero-order valence-electron chi connectivity index (χ0n) is 15.8. The third-order valence-corrected chi connectivity index (χ3v) is 6.33. The predicted molar refractivity (Wildman–Crippen MR) is 104 cm³/mol. The Kier molecular flexibility index (Phi) is 4.36. The molecule has 0 aliphatic carbocycles. The molecule has 6 heteroatoms. The molecule has 1 aromatic carbocycles. The Hall–Kier alpha value is -2.34. The fraction of sp³-hybridized carbons (Fsp3) is 0.524. The van der Waals surface area contributed by atoms with Crippen molar-refractivity contribution < 1.29 is 4.74 Å². The lowest BCUT2D eigenvalue weighted by molar-refractivity contribution is 0.0767. The van der Waals surface area contributed by atoms with Gasteiger partial charge in [-0.15, -0.1) is 0 Å². The van der Waals surface area contributed by atoms with Crippen molar-refractivity contribution in [3.05, 3.63) is 54.1 Å². The van der Waals surface area contributed by atoms with Gasteiger partial charge in [0.25, 0.3) is 0 Å². The molecule has 0 saturated carbocycles. The highest BCUT2D eigenvalue weighted by Gasteiger charge is 2.53. The van der Waals surface area contributed by atoms with E-state index in [4.69, 9.17) is 4.74 Å². The van der Waals surface area contributed by atoms with Gasteiger partial charge in [0.2, 0.25) is 0 Å². The number of hydrogen-bond donors (Lipinski definition) is 1. The highest BCUT2D eigenvalue weighted by Crippen LogP contribution is 2.47. The monoisotopic (exact) mass is 365 g/mol. The SMILES string of the molecule is CN=C(NCc1cccc(Cn2ccnc2)c1)N1CC2C3CCC(O3)C2C1. The zero-order chi connectivity index (χ0) is 18.2. The molecule has 4 atom stereocenters. The van der Waals surface area contributed by atoms with Crippen LogP contribution in [-0.2, 0) is 17.8 Å². The third-order valence-electron chi connectivity index (χ3n) is 6.33. The summed E-state index contributed by atoms with van der Waals surface area (Å²) in [6.07, 6.45) is 9.14. The van der Waals surface area contributed by atoms with Crippen LogP contribution in [0.2, 0.25) is 0 Å². The molecular formula is C21H27N5O. The second-order valence-electron chi connectivity index (χ2n) is 7.98. The first-order chi connectivity index (χ1) is 13.3. The average molecular weight is 365 g/mol. The fourth-order valence-corrected chi connectivity index (χ4v) is 5.08. The number of guanidine groups is 1. The van der Waals surface area contributed by atoms with Crippen LogP contribution >= 0.6 is 0 Å². The Morgan fingerprint density at radius 1 is 1.22 bits per heavy atom. The summed E-state index contributed by atoms with van der Waals surface area (Å²) in [5.41, 5.74) is 2.56. The highest BCUT2D eigenvalue weighted by molar-refractivity contribution is 5.80. The molecule has 2 aromatic rings. The van der Waals surface area contributed by atoms with Crippen LogP contribution in [0.1, 0.15) is 24.0 Å². The first-order valence-corrected chi connectivity index (χ1v) is 9.95. The van der Waals surface area contributed by atoms with E-state index in [1.807, 2.05) is 25.8 Å². The van der Waals surface area contributed by atoms with Gasteiger partial charge in [0.1, 0.15) is 0 Å². The molecule has 3 aliphatic heterocycles. The summed E-state index contributed by atoms with van der Waals surface area (Å²) in [7, 11) is 1.89. The Morgan fingerprint density at radius 2 is 2.00 bits per heavy atom. The quantitative estimate of drug-likeness (QED) is 0.666. The third kappa shape index (κ3) is 3.23. The fourth-order valence-electron chi connectivity index (χ4n) is 5.08. The Labute approximate surface area is 160 Å². The molecule has 2 bridgehead atoms. The molecule has 3 fully saturated rings. The van der Waals surface area contributed by atoms with E-state index in [1.165, 1.54) is 24.0 Å². The van der Waals surface area contributed by atoms with E-state index in [2.05, 4.69) is 49.0 Å². The number of nitrogens with one attached hydrogen (secondary N) is 1. The van der Waals surface area contributed by atoms with Gasteiger partial charge in [-0.2, -0.15) is 0 Å². The highest BCUT2D eigenvalue weighted by atomic mass is 16.5. The Morgan fingerprint density at radius 3 is 2.70 bits per heavy atom. The molecule has 27 heavy (non-hydrogen) atoms. The largest absolute Gasteiger partial charge is 0.374 e. The Bertz CT molecular complexity index is 800. The van der Waals surface area contributed by atoms with Crippen molar-refractivity contribution in [3.8, 4) is 0 Å². The van der Waals surface area contributed by atoms with Crippen molar-refractivity contribution in [2.75, 3.05) is 20.1 Å². The minimum absolute atomic E-state index is 0.489. The number of ether oxygens (including phenoxy) is 1. The van der Waals surface area contributed by atoms with Crippen molar-refractivity contribution in [2.24, 2.45) is 16.8 Å². The number of rotatable bonds is 4. The van der Waals surface area contributed by atoms with Crippen molar-refractivity contribution in [2.45, 2.75) is 38.1 Å². The van der Waals surface area contributed by atoms with Crippen LogP contribution in [0.4, 0.5) is 0 Å². The van der Waals surface area contributed by atoms with Crippen LogP contribution in [0.15, 0.2) is 48.0 Å². The number of benzene rings is 1. The second-order valence-corrected chi connectivity index (χ2v) is 7.98. The number of aliphatic imine (C=N–C) groups is 1. The summed E-state index contributed by atoms with van der Waals surface area (Å²) in [5, 5.41) is 3.57. The van der Waals surface area contributed by atoms with Gasteiger partial charge in [0.15, 0.2) is 5.96 Å². The standard InChI is InChI=1S/C21H27N5O/c1-22-21(26-12-17-18(13-26)20-6-5-19(17)27-20)24-10-15-3-2-4-16(9-15)11-25-8-7-23-14-25/h2-4,7-9,14,17-20H,5-6,10-13H2,1H3,(H,22,24). The van der Waals surface area contributed by atoms with E-state index in [0.29, 0.717) is 24.0 Å². The molecule has 0 amide bonds. The number of likely N-dealkylation sites (tertiary alicyclic amines) is 1.